The van der Waals surface area contributed by atoms with Gasteiger partial charge in [0.1, 0.15) is 5.69 Å². The molecule has 1 aromatic carbocycles. The summed E-state index contributed by atoms with van der Waals surface area (Å²) in [5.74, 6) is 0. The number of hydrogen-bond acceptors (Lipinski definition) is 4. The summed E-state index contributed by atoms with van der Waals surface area (Å²) in [7, 11) is 1.67. The van der Waals surface area contributed by atoms with Crippen molar-refractivity contribution in [2.45, 2.75) is 12.5 Å². The number of nitro benzene ring substituents is 1. The molecular formula is C11H13BrN2O3. The highest BCUT2D eigenvalue weighted by Gasteiger charge is 2.27. The minimum absolute atomic E-state index is 0.135. The quantitative estimate of drug-likeness (QED) is 0.636. The van der Waals surface area contributed by atoms with Crippen LogP contribution in [0.15, 0.2) is 22.7 Å². The third-order valence-corrected chi connectivity index (χ3v) is 3.45. The van der Waals surface area contributed by atoms with Crippen LogP contribution in [0, 0.1) is 10.1 Å². The first kappa shape index (κ1) is 12.3. The molecule has 2 rings (SSSR count). The Morgan fingerprint density at radius 1 is 1.59 bits per heavy atom. The summed E-state index contributed by atoms with van der Waals surface area (Å²) in [5.41, 5.74) is 0.800. The normalized spacial score (nSPS) is 19.6. The molecule has 0 bridgehead atoms. The Hall–Kier alpha value is -1.14. The average Bonchev–Trinajstić information content (AvgIpc) is 2.77. The van der Waals surface area contributed by atoms with E-state index < -0.39 is 0 Å². The summed E-state index contributed by atoms with van der Waals surface area (Å²) in [5, 5.41) is 11.0. The third-order valence-electron chi connectivity index (χ3n) is 2.95. The molecule has 5 nitrogen and oxygen atoms in total. The summed E-state index contributed by atoms with van der Waals surface area (Å²) in [6.45, 7) is 1.50. The van der Waals surface area contributed by atoms with Crippen molar-refractivity contribution in [2.24, 2.45) is 0 Å². The minimum Gasteiger partial charge on any atom is -0.380 e. The van der Waals surface area contributed by atoms with Crippen molar-refractivity contribution in [3.8, 4) is 0 Å². The van der Waals surface area contributed by atoms with Gasteiger partial charge in [0.2, 0.25) is 0 Å². The number of nitrogens with zero attached hydrogens (tertiary/aromatic N) is 2. The molecule has 0 spiro atoms. The van der Waals surface area contributed by atoms with E-state index in [1.165, 1.54) is 6.07 Å². The third kappa shape index (κ3) is 2.58. The molecule has 92 valence electrons. The second kappa shape index (κ2) is 5.01. The zero-order valence-corrected chi connectivity index (χ0v) is 11.0. The molecular weight excluding hydrogens is 288 g/mol. The van der Waals surface area contributed by atoms with Crippen LogP contribution >= 0.6 is 15.9 Å². The molecule has 1 aliphatic heterocycles. The molecule has 1 aliphatic rings. The van der Waals surface area contributed by atoms with Crippen LogP contribution in [0.2, 0.25) is 0 Å². The van der Waals surface area contributed by atoms with Crippen LogP contribution in [0.3, 0.4) is 0 Å². The molecule has 1 aromatic rings. The fraction of sp³-hybridized carbons (Fsp3) is 0.455. The second-order valence-corrected chi connectivity index (χ2v) is 4.90. The second-order valence-electron chi connectivity index (χ2n) is 3.98. The Balaban J connectivity index is 2.29. The molecule has 6 heteroatoms. The lowest BCUT2D eigenvalue weighted by atomic mass is 10.2. The number of methoxy groups -OCH3 is 1. The average molecular weight is 301 g/mol. The van der Waals surface area contributed by atoms with E-state index in [0.717, 1.165) is 17.4 Å². The Bertz CT molecular complexity index is 439. The van der Waals surface area contributed by atoms with Gasteiger partial charge in [-0.25, -0.2) is 0 Å². The molecule has 0 radical (unpaired) electrons. The summed E-state index contributed by atoms with van der Waals surface area (Å²) in [6.07, 6.45) is 1.07. The lowest BCUT2D eigenvalue weighted by Crippen LogP contribution is -2.22. The van der Waals surface area contributed by atoms with E-state index in [1.807, 2.05) is 11.0 Å². The van der Waals surface area contributed by atoms with Gasteiger partial charge in [0.25, 0.3) is 5.69 Å². The van der Waals surface area contributed by atoms with Crippen molar-refractivity contribution in [3.63, 3.8) is 0 Å². The minimum atomic E-state index is -0.347. The SMILES string of the molecule is COC1CCN(c2ccc(Br)cc2[N+](=O)[O-])C1. The van der Waals surface area contributed by atoms with Crippen molar-refractivity contribution >= 4 is 27.3 Å². The van der Waals surface area contributed by atoms with Gasteiger partial charge in [-0.1, -0.05) is 15.9 Å². The standard InChI is InChI=1S/C11H13BrN2O3/c1-17-9-4-5-13(7-9)10-3-2-8(12)6-11(10)14(15)16/h2-3,6,9H,4-5,7H2,1H3. The van der Waals surface area contributed by atoms with Crippen molar-refractivity contribution in [1.82, 2.24) is 0 Å². The first-order valence-corrected chi connectivity index (χ1v) is 6.13. The molecule has 0 saturated carbocycles. The van der Waals surface area contributed by atoms with Crippen LogP contribution in [-0.2, 0) is 4.74 Å². The van der Waals surface area contributed by atoms with E-state index in [9.17, 15) is 10.1 Å². The van der Waals surface area contributed by atoms with Gasteiger partial charge in [0.15, 0.2) is 0 Å². The van der Waals surface area contributed by atoms with Gasteiger partial charge in [-0.2, -0.15) is 0 Å². The van der Waals surface area contributed by atoms with Gasteiger partial charge in [-0.3, -0.25) is 10.1 Å². The number of halogens is 1. The summed E-state index contributed by atoms with van der Waals surface area (Å²) < 4.78 is 5.98. The molecule has 0 N–H and O–H groups in total. The lowest BCUT2D eigenvalue weighted by Gasteiger charge is -2.18. The molecule has 0 aromatic heterocycles. The van der Waals surface area contributed by atoms with Gasteiger partial charge in [-0.15, -0.1) is 0 Å². The highest BCUT2D eigenvalue weighted by atomic mass is 79.9. The van der Waals surface area contributed by atoms with Crippen LogP contribution in [0.5, 0.6) is 0 Å². The predicted octanol–water partition coefficient (Wildman–Crippen LogP) is 2.58. The fourth-order valence-corrected chi connectivity index (χ4v) is 2.40. The number of hydrogen-bond donors (Lipinski definition) is 0. The van der Waals surface area contributed by atoms with Gasteiger partial charge < -0.3 is 9.64 Å². The van der Waals surface area contributed by atoms with Gasteiger partial charge in [0, 0.05) is 30.7 Å². The van der Waals surface area contributed by atoms with E-state index >= 15 is 0 Å². The van der Waals surface area contributed by atoms with E-state index in [0.29, 0.717) is 12.2 Å². The van der Waals surface area contributed by atoms with Crippen molar-refractivity contribution in [3.05, 3.63) is 32.8 Å². The first-order valence-electron chi connectivity index (χ1n) is 5.33. The zero-order valence-electron chi connectivity index (χ0n) is 9.43. The maximum Gasteiger partial charge on any atom is 0.293 e. The smallest absolute Gasteiger partial charge is 0.293 e. The van der Waals surface area contributed by atoms with Gasteiger partial charge >= 0.3 is 0 Å². The van der Waals surface area contributed by atoms with Gasteiger partial charge in [-0.05, 0) is 18.6 Å². The topological polar surface area (TPSA) is 55.6 Å². The van der Waals surface area contributed by atoms with Crippen molar-refractivity contribution in [2.75, 3.05) is 25.1 Å². The predicted molar refractivity (Wildman–Crippen MR) is 68.4 cm³/mol. The molecule has 1 atom stereocenters. The van der Waals surface area contributed by atoms with Crippen LogP contribution in [-0.4, -0.2) is 31.2 Å². The monoisotopic (exact) mass is 300 g/mol. The Kier molecular flexibility index (Phi) is 3.63. The number of benzene rings is 1. The zero-order chi connectivity index (χ0) is 12.4. The number of nitro groups is 1. The van der Waals surface area contributed by atoms with Crippen LogP contribution in [0.1, 0.15) is 6.42 Å². The Morgan fingerprint density at radius 2 is 2.35 bits per heavy atom. The Labute approximate surface area is 108 Å². The highest BCUT2D eigenvalue weighted by molar-refractivity contribution is 9.10. The summed E-state index contributed by atoms with van der Waals surface area (Å²) in [6, 6.07) is 5.14. The maximum absolute atomic E-state index is 11.0. The number of rotatable bonds is 3. The maximum atomic E-state index is 11.0. The molecule has 0 aliphatic carbocycles. The fourth-order valence-electron chi connectivity index (χ4n) is 2.05. The molecule has 1 unspecified atom stereocenters. The van der Waals surface area contributed by atoms with Crippen LogP contribution in [0.25, 0.3) is 0 Å². The largest absolute Gasteiger partial charge is 0.380 e. The van der Waals surface area contributed by atoms with E-state index in [-0.39, 0.29) is 16.7 Å². The van der Waals surface area contributed by atoms with Crippen LogP contribution in [0.4, 0.5) is 11.4 Å². The number of anilines is 1. The summed E-state index contributed by atoms with van der Waals surface area (Å²) >= 11 is 3.25. The van der Waals surface area contributed by atoms with Crippen LogP contribution < -0.4 is 4.90 Å². The number of ether oxygens (including phenoxy) is 1. The molecule has 0 amide bonds. The van der Waals surface area contributed by atoms with E-state index in [4.69, 9.17) is 4.74 Å². The molecule has 1 heterocycles. The molecule has 17 heavy (non-hydrogen) atoms. The highest BCUT2D eigenvalue weighted by Crippen LogP contribution is 2.33. The van der Waals surface area contributed by atoms with E-state index in [2.05, 4.69) is 15.9 Å². The molecule has 1 saturated heterocycles. The summed E-state index contributed by atoms with van der Waals surface area (Å²) in [4.78, 5) is 12.7. The van der Waals surface area contributed by atoms with Gasteiger partial charge in [0.05, 0.1) is 11.0 Å². The van der Waals surface area contributed by atoms with E-state index in [1.54, 1.807) is 13.2 Å². The Morgan fingerprint density at radius 3 is 2.94 bits per heavy atom. The van der Waals surface area contributed by atoms with Crippen molar-refractivity contribution < 1.29 is 9.66 Å². The first-order chi connectivity index (χ1) is 8.11. The lowest BCUT2D eigenvalue weighted by molar-refractivity contribution is -0.384. The molecule has 1 fully saturated rings. The van der Waals surface area contributed by atoms with Crippen molar-refractivity contribution in [1.29, 1.82) is 0 Å².